The first-order valence-electron chi connectivity index (χ1n) is 37.0. The van der Waals surface area contributed by atoms with Crippen molar-refractivity contribution in [2.45, 2.75) is 188 Å². The molecule has 6 saturated heterocycles. The summed E-state index contributed by atoms with van der Waals surface area (Å²) in [7, 11) is 1.34. The molecule has 6 rings (SSSR count). The summed E-state index contributed by atoms with van der Waals surface area (Å²) in [6.07, 6.45) is -18.3. The maximum Gasteiger partial charge on any atom is 0.325 e. The van der Waals surface area contributed by atoms with E-state index in [1.807, 2.05) is 0 Å². The van der Waals surface area contributed by atoms with Crippen molar-refractivity contribution in [1.29, 1.82) is 0 Å². The molecular formula is C65H115N9O33P2S2. The Hall–Kier alpha value is -3.98. The Morgan fingerprint density at radius 2 is 0.919 bits per heavy atom. The van der Waals surface area contributed by atoms with E-state index in [1.165, 1.54) is 32.8 Å². The van der Waals surface area contributed by atoms with Gasteiger partial charge in [-0.3, -0.25) is 38.4 Å². The van der Waals surface area contributed by atoms with Gasteiger partial charge in [-0.05, 0) is 42.9 Å². The van der Waals surface area contributed by atoms with E-state index in [2.05, 4.69) is 31.9 Å². The first kappa shape index (κ1) is 95.9. The minimum atomic E-state index is -3.84. The number of aliphatic hydroxyl groups excluding tert-OH is 9. The van der Waals surface area contributed by atoms with Crippen LogP contribution in [0.1, 0.15) is 72.1 Å². The van der Waals surface area contributed by atoms with Crippen molar-refractivity contribution < 1.29 is 160 Å². The Morgan fingerprint density at radius 3 is 1.32 bits per heavy atom. The van der Waals surface area contributed by atoms with E-state index < -0.39 is 191 Å². The summed E-state index contributed by atoms with van der Waals surface area (Å²) < 4.78 is 79.4. The Kier molecular flexibility index (Phi) is 42.6. The summed E-state index contributed by atoms with van der Waals surface area (Å²) in [5, 5.41) is 107. The first-order valence-corrected chi connectivity index (χ1v) is 42.5. The zero-order valence-corrected chi connectivity index (χ0v) is 66.3. The SMILES string of the molecule is COP(O)(=S)C[C@@H]1CO[C@H]2[C@@H]1OC[C@H]2OP(O)(=S)OC1CCN(C(=O)CCCC(=O)N(CCC(=O)NCCOCCOC2OC(CO)C(O)C(O)C2NC(C)=O)CCN(CCC(=O)NCCOCCOC2OC(CO)C(O)C(O)C2NC(C)=O)CCC(=O)NCCOCCOC2OC(CO)C(O)C(O)C2NC(C)=O)CC1. The topological polar surface area (TPSA) is 570 Å². The van der Waals surface area contributed by atoms with Gasteiger partial charge in [0.2, 0.25) is 47.3 Å². The van der Waals surface area contributed by atoms with Gasteiger partial charge in [0, 0.05) is 138 Å². The molecule has 21 atom stereocenters. The monoisotopic (exact) mass is 1680 g/mol. The third-order valence-electron chi connectivity index (χ3n) is 18.9. The Labute approximate surface area is 653 Å². The molecule has 640 valence electrons. The maximum atomic E-state index is 14.3. The molecule has 8 amide bonds. The second-order valence-electron chi connectivity index (χ2n) is 27.3. The van der Waals surface area contributed by atoms with Crippen LogP contribution in [-0.4, -0.2) is 405 Å². The number of hydrogen-bond acceptors (Lipinski definition) is 34. The fourth-order valence-electron chi connectivity index (χ4n) is 13.0. The number of likely N-dealkylation sites (tertiary alicyclic amines) is 1. The zero-order valence-electron chi connectivity index (χ0n) is 62.8. The molecule has 6 heterocycles. The average molecular weight is 1680 g/mol. The molecule has 0 aromatic carbocycles. The lowest BCUT2D eigenvalue weighted by Gasteiger charge is -2.42. The summed E-state index contributed by atoms with van der Waals surface area (Å²) >= 11 is 10.6. The van der Waals surface area contributed by atoms with Gasteiger partial charge in [-0.1, -0.05) is 0 Å². The highest BCUT2D eigenvalue weighted by atomic mass is 32.5. The molecule has 0 saturated carbocycles. The molecule has 17 unspecified atom stereocenters. The van der Waals surface area contributed by atoms with Gasteiger partial charge in [0.25, 0.3) is 0 Å². The number of nitrogens with zero attached hydrogens (tertiary/aromatic N) is 3. The second kappa shape index (κ2) is 49.3. The zero-order chi connectivity index (χ0) is 81.4. The maximum absolute atomic E-state index is 14.3. The van der Waals surface area contributed by atoms with Gasteiger partial charge >= 0.3 is 6.72 Å². The molecule has 46 heteroatoms. The highest BCUT2D eigenvalue weighted by molar-refractivity contribution is 8.09. The Bertz CT molecular complexity index is 2910. The van der Waals surface area contributed by atoms with E-state index in [9.17, 15) is 94.1 Å². The molecule has 0 aliphatic carbocycles. The van der Waals surface area contributed by atoms with E-state index >= 15 is 0 Å². The lowest BCUT2D eigenvalue weighted by atomic mass is 9.97. The molecular weight excluding hydrogens is 1560 g/mol. The number of ether oxygens (including phenoxy) is 11. The first-order chi connectivity index (χ1) is 52.9. The Balaban J connectivity index is 1.03. The summed E-state index contributed by atoms with van der Waals surface area (Å²) in [5.41, 5.74) is 0. The van der Waals surface area contributed by atoms with Gasteiger partial charge in [0.1, 0.15) is 85.3 Å². The molecule has 42 nitrogen and oxygen atoms in total. The number of aliphatic hydroxyl groups is 9. The van der Waals surface area contributed by atoms with E-state index in [4.69, 9.17) is 89.3 Å². The molecule has 6 aliphatic heterocycles. The number of nitrogens with one attached hydrogen (secondary N) is 6. The quantitative estimate of drug-likeness (QED) is 0.0199. The normalized spacial score (nSPS) is 30.0. The van der Waals surface area contributed by atoms with Crippen molar-refractivity contribution in [3.63, 3.8) is 0 Å². The fourth-order valence-corrected chi connectivity index (χ4v) is 16.5. The predicted octanol–water partition coefficient (Wildman–Crippen LogP) is -8.29. The number of piperidine rings is 1. The van der Waals surface area contributed by atoms with Crippen LogP contribution in [0.2, 0.25) is 0 Å². The highest BCUT2D eigenvalue weighted by Gasteiger charge is 2.52. The van der Waals surface area contributed by atoms with Crippen molar-refractivity contribution in [1.82, 2.24) is 46.6 Å². The van der Waals surface area contributed by atoms with Gasteiger partial charge in [-0.2, -0.15) is 0 Å². The van der Waals surface area contributed by atoms with Crippen LogP contribution in [0.4, 0.5) is 0 Å². The van der Waals surface area contributed by atoms with E-state index in [0.717, 1.165) is 0 Å². The molecule has 0 aromatic heterocycles. The molecule has 0 spiro atoms. The lowest BCUT2D eigenvalue weighted by molar-refractivity contribution is -0.272. The van der Waals surface area contributed by atoms with Crippen LogP contribution in [0.25, 0.3) is 0 Å². The standard InChI is InChI=1S/C65H115N9O33P2S2/c1-38(78)69-52-58(89)55(86)43(32-75)103-63(52)98-29-26-95-23-13-66-47(81)10-16-72(17-11-48(82)67-14-24-96-27-30-99-64-53(70-39(2)79)59(90)56(87)44(33-76)104-64)21-22-74(20-12-49(83)68-15-25-97-28-31-100-65-54(71-40(3)80)60(91)57(88)45(34-77)105-65)51(85)7-5-6-50(84)73-18-8-42(9-19-73)106-109(93,111)107-46-36-102-61-41(35-101-62(46)61)37-108(92,110)94-4/h41-46,52-65,75-77,86-91H,5-37H2,1-4H3,(H,66,81)(H,67,82)(H,68,83)(H,69,78)(H,70,79)(H,71,80)(H,92,110)(H,93,111)/t41-,43?,44?,45?,46+,52?,53?,54?,55?,56?,57?,58?,59?,60?,61+,62+,63?,64?,65?,108?,109?/m0/s1. The van der Waals surface area contributed by atoms with E-state index in [-0.39, 0.29) is 195 Å². The molecule has 6 fully saturated rings. The lowest BCUT2D eigenvalue weighted by Crippen LogP contribution is -2.64. The number of rotatable bonds is 50. The summed E-state index contributed by atoms with van der Waals surface area (Å²) in [6.45, 7) is -4.64. The van der Waals surface area contributed by atoms with Gasteiger partial charge in [-0.25, -0.2) is 0 Å². The molecule has 0 aromatic rings. The van der Waals surface area contributed by atoms with Crippen molar-refractivity contribution in [2.24, 2.45) is 5.92 Å². The van der Waals surface area contributed by atoms with Gasteiger partial charge < -0.3 is 168 Å². The van der Waals surface area contributed by atoms with Crippen molar-refractivity contribution >= 4 is 84.1 Å². The van der Waals surface area contributed by atoms with Crippen molar-refractivity contribution in [3.05, 3.63) is 0 Å². The smallest absolute Gasteiger partial charge is 0.325 e. The average Bonchev–Trinajstić information content (AvgIpc) is 1.69. The van der Waals surface area contributed by atoms with Gasteiger partial charge in [-0.15, -0.1) is 0 Å². The van der Waals surface area contributed by atoms with Crippen molar-refractivity contribution in [2.75, 3.05) is 171 Å². The van der Waals surface area contributed by atoms with Crippen LogP contribution >= 0.6 is 13.2 Å². The van der Waals surface area contributed by atoms with Gasteiger partial charge in [0.05, 0.1) is 105 Å². The van der Waals surface area contributed by atoms with Crippen LogP contribution in [-0.2, 0) is 128 Å². The van der Waals surface area contributed by atoms with Crippen LogP contribution in [0.5, 0.6) is 0 Å². The fraction of sp³-hybridized carbons (Fsp3) is 0.877. The van der Waals surface area contributed by atoms with E-state index in [1.54, 1.807) is 9.80 Å². The number of fused-ring (bicyclic) bond motifs is 1. The third-order valence-corrected chi connectivity index (χ3v) is 22.9. The summed E-state index contributed by atoms with van der Waals surface area (Å²) in [5.74, 6) is -3.79. The van der Waals surface area contributed by atoms with E-state index in [0.29, 0.717) is 12.8 Å². The largest absolute Gasteiger partial charge is 0.394 e. The number of hydrogen-bond donors (Lipinski definition) is 17. The highest BCUT2D eigenvalue weighted by Crippen LogP contribution is 2.52. The van der Waals surface area contributed by atoms with Crippen LogP contribution < -0.4 is 31.9 Å². The molecule has 111 heavy (non-hydrogen) atoms. The minimum absolute atomic E-state index is 0.00510. The van der Waals surface area contributed by atoms with Crippen LogP contribution in [0.15, 0.2) is 0 Å². The molecule has 6 aliphatic rings. The summed E-state index contributed by atoms with van der Waals surface area (Å²) in [6, 6.07) is -3.49. The molecule has 0 bridgehead atoms. The summed E-state index contributed by atoms with van der Waals surface area (Å²) in [4.78, 5) is 130. The number of carbonyl (C=O) groups excluding carboxylic acids is 8. The molecule has 17 N–H and O–H groups in total. The molecule has 0 radical (unpaired) electrons. The number of amides is 8. The van der Waals surface area contributed by atoms with Crippen LogP contribution in [0.3, 0.4) is 0 Å². The number of carbonyl (C=O) groups is 8. The minimum Gasteiger partial charge on any atom is -0.394 e. The van der Waals surface area contributed by atoms with Crippen LogP contribution in [0, 0.1) is 5.92 Å². The van der Waals surface area contributed by atoms with Crippen molar-refractivity contribution in [3.8, 4) is 0 Å². The Morgan fingerprint density at radius 1 is 0.505 bits per heavy atom. The van der Waals surface area contributed by atoms with Gasteiger partial charge in [0.15, 0.2) is 25.4 Å². The third kappa shape index (κ3) is 32.4. The second-order valence-corrected chi connectivity index (χ2v) is 33.7. The predicted molar refractivity (Wildman–Crippen MR) is 390 cm³/mol.